The molecule has 124 valence electrons. The summed E-state index contributed by atoms with van der Waals surface area (Å²) in [6, 6.07) is 4.58. The van der Waals surface area contributed by atoms with Gasteiger partial charge in [0.2, 0.25) is 0 Å². The summed E-state index contributed by atoms with van der Waals surface area (Å²) in [4.78, 5) is 10.5. The van der Waals surface area contributed by atoms with E-state index >= 15 is 0 Å². The fraction of sp³-hybridized carbons (Fsp3) is 0.625. The second kappa shape index (κ2) is 4.66. The predicted octanol–water partition coefficient (Wildman–Crippen LogP) is 2.58. The third-order valence-corrected chi connectivity index (χ3v) is 4.62. The standard InChI is InChI=1S/C16H19NO6/c1-15(2)7-20-14(21-8-15)16(3)13-12(22-13)10-6-9(17(18)19)4-5-11(10)23-16/h4-6,12-14H,7-8H2,1-3H3/t12-,13-,16-/m0/s1. The van der Waals surface area contributed by atoms with Crippen LogP contribution < -0.4 is 4.74 Å². The van der Waals surface area contributed by atoms with E-state index in [0.29, 0.717) is 19.0 Å². The van der Waals surface area contributed by atoms with Crippen LogP contribution in [-0.4, -0.2) is 36.1 Å². The zero-order valence-corrected chi connectivity index (χ0v) is 13.3. The molecule has 2 fully saturated rings. The van der Waals surface area contributed by atoms with Gasteiger partial charge in [-0.15, -0.1) is 0 Å². The molecular formula is C16H19NO6. The molecule has 0 saturated carbocycles. The second-order valence-corrected chi connectivity index (χ2v) is 7.36. The number of nitro groups is 1. The molecule has 0 aliphatic carbocycles. The minimum Gasteiger partial charge on any atom is -0.479 e. The van der Waals surface area contributed by atoms with Crippen LogP contribution in [0.1, 0.15) is 32.4 Å². The Morgan fingerprint density at radius 1 is 1.22 bits per heavy atom. The molecule has 4 rings (SSSR count). The summed E-state index contributed by atoms with van der Waals surface area (Å²) in [5.74, 6) is 0.592. The molecule has 0 bridgehead atoms. The lowest BCUT2D eigenvalue weighted by atomic mass is 9.89. The number of benzene rings is 1. The first-order valence-corrected chi connectivity index (χ1v) is 7.66. The van der Waals surface area contributed by atoms with Crippen LogP contribution in [0.4, 0.5) is 5.69 Å². The molecule has 3 aliphatic rings. The largest absolute Gasteiger partial charge is 0.479 e. The average molecular weight is 321 g/mol. The molecule has 2 saturated heterocycles. The van der Waals surface area contributed by atoms with E-state index in [-0.39, 0.29) is 23.3 Å². The topological polar surface area (TPSA) is 83.4 Å². The average Bonchev–Trinajstić information content (AvgIpc) is 3.28. The molecule has 0 aromatic heterocycles. The number of nitro benzene ring substituents is 1. The van der Waals surface area contributed by atoms with E-state index in [0.717, 1.165) is 5.56 Å². The highest BCUT2D eigenvalue weighted by Crippen LogP contribution is 2.56. The van der Waals surface area contributed by atoms with Crippen LogP contribution in [0, 0.1) is 15.5 Å². The van der Waals surface area contributed by atoms with E-state index in [9.17, 15) is 10.1 Å². The number of hydrogen-bond donors (Lipinski definition) is 0. The zero-order valence-electron chi connectivity index (χ0n) is 13.3. The maximum Gasteiger partial charge on any atom is 0.270 e. The highest BCUT2D eigenvalue weighted by atomic mass is 16.7. The maximum absolute atomic E-state index is 10.9. The van der Waals surface area contributed by atoms with E-state index < -0.39 is 16.8 Å². The molecule has 3 heterocycles. The summed E-state index contributed by atoms with van der Waals surface area (Å²) >= 11 is 0. The van der Waals surface area contributed by atoms with E-state index in [1.54, 1.807) is 6.07 Å². The molecule has 23 heavy (non-hydrogen) atoms. The fourth-order valence-corrected chi connectivity index (χ4v) is 3.25. The lowest BCUT2D eigenvalue weighted by Crippen LogP contribution is -2.57. The van der Waals surface area contributed by atoms with Gasteiger partial charge in [-0.2, -0.15) is 0 Å². The molecule has 1 aromatic carbocycles. The molecule has 3 atom stereocenters. The molecule has 7 heteroatoms. The molecule has 0 amide bonds. The van der Waals surface area contributed by atoms with Crippen molar-refractivity contribution >= 4 is 5.69 Å². The van der Waals surface area contributed by atoms with Gasteiger partial charge < -0.3 is 18.9 Å². The lowest BCUT2D eigenvalue weighted by molar-refractivity contribution is -0.385. The van der Waals surface area contributed by atoms with Gasteiger partial charge in [0, 0.05) is 23.1 Å². The van der Waals surface area contributed by atoms with Crippen molar-refractivity contribution in [2.45, 2.75) is 44.9 Å². The first-order valence-electron chi connectivity index (χ1n) is 7.66. The Morgan fingerprint density at radius 2 is 1.91 bits per heavy atom. The normalized spacial score (nSPS) is 34.9. The van der Waals surface area contributed by atoms with Gasteiger partial charge in [0.15, 0.2) is 11.9 Å². The van der Waals surface area contributed by atoms with Crippen LogP contribution >= 0.6 is 0 Å². The SMILES string of the molecule is CC1(C)COC([C@@]2(C)Oc3ccc([N+](=O)[O-])cc3[C@@H]3O[C@@H]32)OC1. The van der Waals surface area contributed by atoms with Gasteiger partial charge in [-0.25, -0.2) is 0 Å². The number of nitrogens with zero attached hydrogens (tertiary/aromatic N) is 1. The molecule has 3 aliphatic heterocycles. The van der Waals surface area contributed by atoms with Crippen molar-refractivity contribution < 1.29 is 23.9 Å². The molecule has 7 nitrogen and oxygen atoms in total. The Bertz CT molecular complexity index is 665. The van der Waals surface area contributed by atoms with Crippen molar-refractivity contribution in [1.82, 2.24) is 0 Å². The Hall–Kier alpha value is -1.70. The number of rotatable bonds is 2. The number of hydrogen-bond acceptors (Lipinski definition) is 6. The van der Waals surface area contributed by atoms with Gasteiger partial charge >= 0.3 is 0 Å². The van der Waals surface area contributed by atoms with Crippen LogP contribution in [0.5, 0.6) is 5.75 Å². The third-order valence-electron chi connectivity index (χ3n) is 4.62. The number of ether oxygens (including phenoxy) is 4. The van der Waals surface area contributed by atoms with Gasteiger partial charge in [-0.3, -0.25) is 10.1 Å². The lowest BCUT2D eigenvalue weighted by Gasteiger charge is -2.43. The van der Waals surface area contributed by atoms with Crippen LogP contribution in [0.25, 0.3) is 0 Å². The van der Waals surface area contributed by atoms with Crippen molar-refractivity contribution in [3.63, 3.8) is 0 Å². The summed E-state index contributed by atoms with van der Waals surface area (Å²) in [7, 11) is 0. The van der Waals surface area contributed by atoms with Crippen molar-refractivity contribution in [1.29, 1.82) is 0 Å². The maximum atomic E-state index is 10.9. The predicted molar refractivity (Wildman–Crippen MR) is 79.2 cm³/mol. The van der Waals surface area contributed by atoms with Crippen molar-refractivity contribution in [3.05, 3.63) is 33.9 Å². The summed E-state index contributed by atoms with van der Waals surface area (Å²) < 4.78 is 23.6. The van der Waals surface area contributed by atoms with Gasteiger partial charge in [-0.05, 0) is 13.0 Å². The van der Waals surface area contributed by atoms with Crippen molar-refractivity contribution in [2.75, 3.05) is 13.2 Å². The fourth-order valence-electron chi connectivity index (χ4n) is 3.25. The highest BCUT2D eigenvalue weighted by molar-refractivity contribution is 5.49. The number of non-ortho nitro benzene ring substituents is 1. The molecule has 1 aromatic rings. The number of fused-ring (bicyclic) bond motifs is 3. The van der Waals surface area contributed by atoms with E-state index in [1.807, 2.05) is 6.92 Å². The first kappa shape index (κ1) is 14.9. The highest BCUT2D eigenvalue weighted by Gasteiger charge is 2.64. The van der Waals surface area contributed by atoms with Gasteiger partial charge in [-0.1, -0.05) is 13.8 Å². The van der Waals surface area contributed by atoms with Crippen LogP contribution in [0.15, 0.2) is 18.2 Å². The molecule has 0 unspecified atom stereocenters. The quantitative estimate of drug-likeness (QED) is 0.473. The second-order valence-electron chi connectivity index (χ2n) is 7.36. The van der Waals surface area contributed by atoms with Gasteiger partial charge in [0.1, 0.15) is 18.0 Å². The molecule has 0 radical (unpaired) electrons. The van der Waals surface area contributed by atoms with Crippen LogP contribution in [0.2, 0.25) is 0 Å². The Kier molecular flexibility index (Phi) is 3.01. The first-order chi connectivity index (χ1) is 10.8. The Labute approximate surface area is 133 Å². The molecule has 0 N–H and O–H groups in total. The van der Waals surface area contributed by atoms with Crippen molar-refractivity contribution in [2.24, 2.45) is 5.41 Å². The monoisotopic (exact) mass is 321 g/mol. The summed E-state index contributed by atoms with van der Waals surface area (Å²) in [6.45, 7) is 7.24. The van der Waals surface area contributed by atoms with E-state index in [1.165, 1.54) is 12.1 Å². The number of epoxide rings is 1. The third kappa shape index (κ3) is 2.31. The van der Waals surface area contributed by atoms with Gasteiger partial charge in [0.05, 0.1) is 18.1 Å². The summed E-state index contributed by atoms with van der Waals surface area (Å²) in [5.41, 5.74) is -0.0244. The van der Waals surface area contributed by atoms with Crippen LogP contribution in [0.3, 0.4) is 0 Å². The smallest absolute Gasteiger partial charge is 0.270 e. The summed E-state index contributed by atoms with van der Waals surface area (Å²) in [5, 5.41) is 10.9. The minimum absolute atomic E-state index is 0.0240. The van der Waals surface area contributed by atoms with E-state index in [2.05, 4.69) is 13.8 Å². The zero-order chi connectivity index (χ0) is 16.4. The minimum atomic E-state index is -0.760. The van der Waals surface area contributed by atoms with Crippen molar-refractivity contribution in [3.8, 4) is 5.75 Å². The molecule has 0 spiro atoms. The van der Waals surface area contributed by atoms with Crippen LogP contribution in [-0.2, 0) is 14.2 Å². The Morgan fingerprint density at radius 3 is 2.57 bits per heavy atom. The van der Waals surface area contributed by atoms with Gasteiger partial charge in [0.25, 0.3) is 5.69 Å². The molecular weight excluding hydrogens is 302 g/mol. The Balaban J connectivity index is 1.61. The summed E-state index contributed by atoms with van der Waals surface area (Å²) in [6.07, 6.45) is -0.942. The van der Waals surface area contributed by atoms with E-state index in [4.69, 9.17) is 18.9 Å².